The van der Waals surface area contributed by atoms with Gasteiger partial charge in [-0.2, -0.15) is 9.49 Å². The lowest BCUT2D eigenvalue weighted by Crippen LogP contribution is -2.50. The average molecular weight is 519 g/mol. The Morgan fingerprint density at radius 3 is 2.34 bits per heavy atom. The number of carbonyl (C=O) groups is 2. The predicted molar refractivity (Wildman–Crippen MR) is 143 cm³/mol. The first-order valence-corrected chi connectivity index (χ1v) is 13.3. The van der Waals surface area contributed by atoms with Gasteiger partial charge in [-0.15, -0.1) is 0 Å². The Bertz CT molecular complexity index is 1360. The summed E-state index contributed by atoms with van der Waals surface area (Å²) in [7, 11) is 0. The van der Waals surface area contributed by atoms with E-state index in [2.05, 4.69) is 25.7 Å². The van der Waals surface area contributed by atoms with Crippen LogP contribution >= 0.6 is 0 Å². The second kappa shape index (κ2) is 9.93. The lowest BCUT2D eigenvalue weighted by atomic mass is 9.88. The first-order valence-electron chi connectivity index (χ1n) is 13.3. The second-order valence-corrected chi connectivity index (χ2v) is 11.7. The van der Waals surface area contributed by atoms with Crippen molar-refractivity contribution in [1.82, 2.24) is 25.1 Å². The molecule has 0 aromatic carbocycles. The molecular formula is C29H35FN6O2. The van der Waals surface area contributed by atoms with Crippen LogP contribution in [0.25, 0.3) is 11.1 Å². The minimum atomic E-state index is -0.751. The molecule has 8 nitrogen and oxygen atoms in total. The van der Waals surface area contributed by atoms with Crippen LogP contribution < -0.4 is 10.6 Å². The third-order valence-electron chi connectivity index (χ3n) is 7.41. The van der Waals surface area contributed by atoms with E-state index >= 15 is 4.39 Å². The Labute approximate surface area is 222 Å². The summed E-state index contributed by atoms with van der Waals surface area (Å²) in [6.45, 7) is 9.62. The molecular weight excluding hydrogens is 483 g/mol. The number of aromatic nitrogens is 4. The van der Waals surface area contributed by atoms with Crippen molar-refractivity contribution in [2.75, 3.05) is 5.32 Å². The van der Waals surface area contributed by atoms with Crippen LogP contribution in [0, 0.1) is 37.5 Å². The van der Waals surface area contributed by atoms with Gasteiger partial charge in [0.1, 0.15) is 17.6 Å². The van der Waals surface area contributed by atoms with Gasteiger partial charge in [0, 0.05) is 29.2 Å². The molecule has 2 aliphatic rings. The first-order chi connectivity index (χ1) is 18.0. The summed E-state index contributed by atoms with van der Waals surface area (Å²) < 4.78 is 16.8. The Morgan fingerprint density at radius 2 is 1.74 bits per heavy atom. The minimum Gasteiger partial charge on any atom is -0.339 e. The predicted octanol–water partition coefficient (Wildman–Crippen LogP) is 5.02. The molecule has 3 aromatic heterocycles. The molecule has 3 aromatic rings. The summed E-state index contributed by atoms with van der Waals surface area (Å²) >= 11 is 0. The van der Waals surface area contributed by atoms with E-state index in [1.54, 1.807) is 35.3 Å². The van der Waals surface area contributed by atoms with Gasteiger partial charge in [-0.3, -0.25) is 19.3 Å². The highest BCUT2D eigenvalue weighted by Crippen LogP contribution is 2.51. The van der Waals surface area contributed by atoms with Crippen molar-refractivity contribution in [3.8, 4) is 11.1 Å². The molecule has 0 aliphatic heterocycles. The summed E-state index contributed by atoms with van der Waals surface area (Å²) in [6, 6.07) is 5.98. The number of anilines is 1. The monoisotopic (exact) mass is 518 g/mol. The maximum atomic E-state index is 15.1. The lowest BCUT2D eigenvalue weighted by Gasteiger charge is -2.28. The molecule has 5 rings (SSSR count). The van der Waals surface area contributed by atoms with E-state index in [0.29, 0.717) is 34.4 Å². The average Bonchev–Trinajstić information content (AvgIpc) is 3.79. The Hall–Kier alpha value is -3.62. The van der Waals surface area contributed by atoms with Crippen molar-refractivity contribution in [3.63, 3.8) is 0 Å². The van der Waals surface area contributed by atoms with Crippen LogP contribution in [0.4, 0.5) is 10.2 Å². The molecule has 3 heterocycles. The fraction of sp³-hybridized carbons (Fsp3) is 0.483. The fourth-order valence-corrected chi connectivity index (χ4v) is 5.27. The van der Waals surface area contributed by atoms with Crippen LogP contribution in [0.5, 0.6) is 0 Å². The smallest absolute Gasteiger partial charge is 0.270 e. The van der Waals surface area contributed by atoms with E-state index in [-0.39, 0.29) is 23.6 Å². The van der Waals surface area contributed by atoms with Crippen LogP contribution in [0.2, 0.25) is 0 Å². The molecule has 9 heteroatoms. The molecule has 0 spiro atoms. The number of pyridine rings is 2. The topological polar surface area (TPSA) is 102 Å². The molecule has 2 N–H and O–H groups in total. The second-order valence-electron chi connectivity index (χ2n) is 11.7. The van der Waals surface area contributed by atoms with Gasteiger partial charge < -0.3 is 10.6 Å². The number of nitrogens with one attached hydrogen (secondary N) is 2. The van der Waals surface area contributed by atoms with Crippen molar-refractivity contribution in [2.45, 2.75) is 71.9 Å². The van der Waals surface area contributed by atoms with E-state index in [1.165, 1.54) is 0 Å². The standard InChI is InChI=1S/C29H35FN6O2/c1-16-14-21(17(2)31-15-16)20-10-11-23(33-26(20)30)34-28(38)25(24(18-6-7-18)19-8-9-19)35-27(37)22-12-13-32-36(22)29(3,4)5/h10-15,18-19,24-25H,6-9H2,1-5H3,(H,35,37)(H,33,34,38)/t25-/m0/s1. The van der Waals surface area contributed by atoms with Crippen LogP contribution in [-0.2, 0) is 10.3 Å². The maximum Gasteiger partial charge on any atom is 0.270 e. The van der Waals surface area contributed by atoms with Gasteiger partial charge in [0.2, 0.25) is 11.9 Å². The van der Waals surface area contributed by atoms with Crippen LogP contribution in [0.15, 0.2) is 36.7 Å². The highest BCUT2D eigenvalue weighted by molar-refractivity contribution is 6.00. The SMILES string of the molecule is Cc1cnc(C)c(-c2ccc(NC(=O)[C@@H](NC(=O)c3ccnn3C(C)(C)C)C(C3CC3)C3CC3)nc2F)c1. The molecule has 2 aliphatic carbocycles. The third kappa shape index (κ3) is 5.47. The van der Waals surface area contributed by atoms with Gasteiger partial charge in [-0.1, -0.05) is 0 Å². The highest BCUT2D eigenvalue weighted by Gasteiger charge is 2.48. The van der Waals surface area contributed by atoms with Gasteiger partial charge in [-0.05, 0) is 108 Å². The molecule has 2 fully saturated rings. The molecule has 200 valence electrons. The zero-order valence-corrected chi connectivity index (χ0v) is 22.6. The van der Waals surface area contributed by atoms with Gasteiger partial charge in [0.05, 0.1) is 5.54 Å². The summed E-state index contributed by atoms with van der Waals surface area (Å²) in [4.78, 5) is 35.4. The van der Waals surface area contributed by atoms with Crippen LogP contribution in [-0.4, -0.2) is 37.6 Å². The van der Waals surface area contributed by atoms with Gasteiger partial charge in [0.15, 0.2) is 0 Å². The summed E-state index contributed by atoms with van der Waals surface area (Å²) in [6.07, 6.45) is 7.52. The zero-order valence-electron chi connectivity index (χ0n) is 22.6. The molecule has 0 unspecified atom stereocenters. The van der Waals surface area contributed by atoms with Crippen molar-refractivity contribution < 1.29 is 14.0 Å². The van der Waals surface area contributed by atoms with E-state index in [1.807, 2.05) is 40.7 Å². The Balaban J connectivity index is 1.40. The Kier molecular flexibility index (Phi) is 6.79. The first kappa shape index (κ1) is 26.0. The number of aryl methyl sites for hydroxylation is 2. The van der Waals surface area contributed by atoms with Crippen molar-refractivity contribution >= 4 is 17.6 Å². The zero-order chi connectivity index (χ0) is 27.2. The maximum absolute atomic E-state index is 15.1. The summed E-state index contributed by atoms with van der Waals surface area (Å²) in [5.41, 5.74) is 2.61. The van der Waals surface area contributed by atoms with E-state index in [9.17, 15) is 9.59 Å². The van der Waals surface area contributed by atoms with Crippen LogP contribution in [0.1, 0.15) is 68.2 Å². The summed E-state index contributed by atoms with van der Waals surface area (Å²) in [5.74, 6) is -0.467. The van der Waals surface area contributed by atoms with Gasteiger partial charge >= 0.3 is 0 Å². The fourth-order valence-electron chi connectivity index (χ4n) is 5.27. The molecule has 0 saturated heterocycles. The van der Waals surface area contributed by atoms with Crippen molar-refractivity contribution in [1.29, 1.82) is 0 Å². The molecule has 2 saturated carbocycles. The molecule has 1 atom stereocenters. The van der Waals surface area contributed by atoms with Crippen molar-refractivity contribution in [2.24, 2.45) is 17.8 Å². The van der Waals surface area contributed by atoms with Crippen LogP contribution in [0.3, 0.4) is 0 Å². The van der Waals surface area contributed by atoms with Gasteiger partial charge in [0.25, 0.3) is 5.91 Å². The number of hydrogen-bond donors (Lipinski definition) is 2. The van der Waals surface area contributed by atoms with E-state index in [0.717, 1.165) is 31.2 Å². The molecule has 0 radical (unpaired) electrons. The number of carbonyl (C=O) groups excluding carboxylic acids is 2. The minimum absolute atomic E-state index is 0.0371. The lowest BCUT2D eigenvalue weighted by molar-refractivity contribution is -0.119. The summed E-state index contributed by atoms with van der Waals surface area (Å²) in [5, 5.41) is 10.1. The quantitative estimate of drug-likeness (QED) is 0.408. The number of rotatable bonds is 8. The number of amides is 2. The molecule has 2 amide bonds. The number of halogens is 1. The van der Waals surface area contributed by atoms with Crippen molar-refractivity contribution in [3.05, 3.63) is 59.6 Å². The van der Waals surface area contributed by atoms with Gasteiger partial charge in [-0.25, -0.2) is 4.98 Å². The van der Waals surface area contributed by atoms with E-state index < -0.39 is 17.5 Å². The number of hydrogen-bond acceptors (Lipinski definition) is 5. The number of nitrogens with zero attached hydrogens (tertiary/aromatic N) is 4. The highest BCUT2D eigenvalue weighted by atomic mass is 19.1. The normalized spacial score (nSPS) is 16.4. The largest absolute Gasteiger partial charge is 0.339 e. The molecule has 38 heavy (non-hydrogen) atoms. The Morgan fingerprint density at radius 1 is 1.05 bits per heavy atom. The molecule has 0 bridgehead atoms. The third-order valence-corrected chi connectivity index (χ3v) is 7.41. The van der Waals surface area contributed by atoms with E-state index in [4.69, 9.17) is 0 Å².